The van der Waals surface area contributed by atoms with Crippen molar-refractivity contribution in [3.8, 4) is 0 Å². The zero-order valence-electron chi connectivity index (χ0n) is 16.4. The molecule has 2 bridgehead atoms. The second-order valence-electron chi connectivity index (χ2n) is 8.62. The zero-order chi connectivity index (χ0) is 19.4. The van der Waals surface area contributed by atoms with Crippen LogP contribution in [-0.2, 0) is 11.2 Å². The lowest BCUT2D eigenvalue weighted by molar-refractivity contribution is -0.136. The van der Waals surface area contributed by atoms with Crippen LogP contribution in [-0.4, -0.2) is 50.9 Å². The Morgan fingerprint density at radius 2 is 1.86 bits per heavy atom. The average Bonchev–Trinajstić information content (AvgIpc) is 3.34. The van der Waals surface area contributed by atoms with E-state index in [4.69, 9.17) is 0 Å². The highest BCUT2D eigenvalue weighted by Crippen LogP contribution is 2.39. The molecule has 3 atom stereocenters. The lowest BCUT2D eigenvalue weighted by Gasteiger charge is -2.43. The van der Waals surface area contributed by atoms with E-state index in [9.17, 15) is 4.79 Å². The fourth-order valence-corrected chi connectivity index (χ4v) is 5.74. The quantitative estimate of drug-likeness (QED) is 0.733. The lowest BCUT2D eigenvalue weighted by atomic mass is 9.81. The fourth-order valence-electron chi connectivity index (χ4n) is 5.74. The molecule has 1 aromatic carbocycles. The molecule has 2 fully saturated rings. The van der Waals surface area contributed by atoms with E-state index < -0.39 is 0 Å². The summed E-state index contributed by atoms with van der Waals surface area (Å²) in [4.78, 5) is 30.3. The van der Waals surface area contributed by atoms with Gasteiger partial charge in [-0.15, -0.1) is 0 Å². The van der Waals surface area contributed by atoms with E-state index in [1.807, 2.05) is 12.3 Å². The maximum Gasteiger partial charge on any atom is 0.230 e. The molecule has 6 heteroatoms. The predicted molar refractivity (Wildman–Crippen MR) is 112 cm³/mol. The highest BCUT2D eigenvalue weighted by Gasteiger charge is 2.45. The van der Waals surface area contributed by atoms with Gasteiger partial charge in [0, 0.05) is 31.4 Å². The molecule has 0 radical (unpaired) electrons. The third kappa shape index (κ3) is 2.65. The lowest BCUT2D eigenvalue weighted by Crippen LogP contribution is -2.57. The number of piperazine rings is 1. The van der Waals surface area contributed by atoms with Gasteiger partial charge in [-0.3, -0.25) is 4.79 Å². The topological polar surface area (TPSA) is 65.1 Å². The van der Waals surface area contributed by atoms with E-state index >= 15 is 0 Å². The Balaban J connectivity index is 1.28. The second kappa shape index (κ2) is 6.58. The SMILES string of the molecule is O=C([C@@H]1CCCc2ccccc21)N1C2CCC1CN(c1ncnc3[nH]ccc13)C2. The molecule has 3 aliphatic rings. The van der Waals surface area contributed by atoms with Crippen molar-refractivity contribution in [2.45, 2.75) is 50.1 Å². The zero-order valence-corrected chi connectivity index (χ0v) is 16.4. The third-order valence-corrected chi connectivity index (χ3v) is 7.04. The number of nitrogens with zero attached hydrogens (tertiary/aromatic N) is 4. The Morgan fingerprint density at radius 3 is 2.72 bits per heavy atom. The van der Waals surface area contributed by atoms with Crippen LogP contribution in [0.3, 0.4) is 0 Å². The number of carbonyl (C=O) groups is 1. The molecule has 29 heavy (non-hydrogen) atoms. The first kappa shape index (κ1) is 17.0. The Hall–Kier alpha value is -2.89. The molecule has 1 N–H and O–H groups in total. The van der Waals surface area contributed by atoms with Gasteiger partial charge in [0.25, 0.3) is 0 Å². The van der Waals surface area contributed by atoms with Gasteiger partial charge in [0.2, 0.25) is 5.91 Å². The van der Waals surface area contributed by atoms with E-state index in [0.717, 1.165) is 62.0 Å². The van der Waals surface area contributed by atoms with Crippen LogP contribution in [0.5, 0.6) is 0 Å². The molecule has 2 aromatic heterocycles. The van der Waals surface area contributed by atoms with E-state index in [1.165, 1.54) is 11.1 Å². The minimum Gasteiger partial charge on any atom is -0.352 e. The Bertz CT molecular complexity index is 1060. The predicted octanol–water partition coefficient (Wildman–Crippen LogP) is 3.26. The van der Waals surface area contributed by atoms with Gasteiger partial charge in [0.15, 0.2) is 0 Å². The molecular weight excluding hydrogens is 362 g/mol. The number of amides is 1. The smallest absolute Gasteiger partial charge is 0.230 e. The van der Waals surface area contributed by atoms with Gasteiger partial charge in [0.05, 0.1) is 11.3 Å². The molecule has 6 nitrogen and oxygen atoms in total. The van der Waals surface area contributed by atoms with Crippen molar-refractivity contribution in [1.29, 1.82) is 0 Å². The number of benzene rings is 1. The number of aromatic nitrogens is 3. The minimum atomic E-state index is 0.0324. The first-order chi connectivity index (χ1) is 14.3. The van der Waals surface area contributed by atoms with Gasteiger partial charge < -0.3 is 14.8 Å². The van der Waals surface area contributed by atoms with Crippen molar-refractivity contribution in [2.75, 3.05) is 18.0 Å². The molecule has 2 aliphatic heterocycles. The summed E-state index contributed by atoms with van der Waals surface area (Å²) < 4.78 is 0. The Labute approximate surface area is 169 Å². The van der Waals surface area contributed by atoms with Crippen LogP contribution in [0.2, 0.25) is 0 Å². The van der Waals surface area contributed by atoms with Crippen LogP contribution in [0.1, 0.15) is 42.7 Å². The first-order valence-corrected chi connectivity index (χ1v) is 10.7. The molecule has 2 unspecified atom stereocenters. The summed E-state index contributed by atoms with van der Waals surface area (Å²) in [5.41, 5.74) is 3.49. The summed E-state index contributed by atoms with van der Waals surface area (Å²) in [6, 6.07) is 11.1. The molecule has 4 heterocycles. The van der Waals surface area contributed by atoms with Gasteiger partial charge in [-0.2, -0.15) is 0 Å². The van der Waals surface area contributed by atoms with Crippen LogP contribution in [0.4, 0.5) is 5.82 Å². The van der Waals surface area contributed by atoms with Crippen LogP contribution >= 0.6 is 0 Å². The highest BCUT2D eigenvalue weighted by molar-refractivity contribution is 5.88. The Kier molecular flexibility index (Phi) is 3.86. The summed E-state index contributed by atoms with van der Waals surface area (Å²) in [7, 11) is 0. The number of H-pyrrole nitrogens is 1. The van der Waals surface area contributed by atoms with Crippen LogP contribution in [0, 0.1) is 0 Å². The van der Waals surface area contributed by atoms with Gasteiger partial charge in [-0.1, -0.05) is 24.3 Å². The standard InChI is InChI=1S/C23H25N5O/c29-23(19-7-3-5-15-4-1-2-6-18(15)19)28-16-8-9-17(28)13-27(12-16)22-20-10-11-24-21(20)25-14-26-22/h1-2,4,6,10-11,14,16-17,19H,3,5,7-9,12-13H2,(H,24,25,26)/t16?,17?,19-/m1/s1. The molecule has 1 amide bonds. The third-order valence-electron chi connectivity index (χ3n) is 7.04. The van der Waals surface area contributed by atoms with Gasteiger partial charge in [-0.25, -0.2) is 9.97 Å². The van der Waals surface area contributed by atoms with Crippen molar-refractivity contribution in [3.63, 3.8) is 0 Å². The van der Waals surface area contributed by atoms with Crippen molar-refractivity contribution in [2.24, 2.45) is 0 Å². The molecule has 3 aromatic rings. The molecule has 1 aliphatic carbocycles. The number of hydrogen-bond donors (Lipinski definition) is 1. The number of fused-ring (bicyclic) bond motifs is 4. The van der Waals surface area contributed by atoms with Gasteiger partial charge >= 0.3 is 0 Å². The fraction of sp³-hybridized carbons (Fsp3) is 0.435. The number of anilines is 1. The summed E-state index contributed by atoms with van der Waals surface area (Å²) in [5, 5.41) is 1.06. The molecule has 6 rings (SSSR count). The normalized spacial score (nSPS) is 26.0. The van der Waals surface area contributed by atoms with E-state index in [1.54, 1.807) is 6.33 Å². The summed E-state index contributed by atoms with van der Waals surface area (Å²) in [5.74, 6) is 1.37. The van der Waals surface area contributed by atoms with Gasteiger partial charge in [-0.05, 0) is 49.3 Å². The monoisotopic (exact) mass is 387 g/mol. The molecule has 0 spiro atoms. The van der Waals surface area contributed by atoms with Crippen LogP contribution < -0.4 is 4.90 Å². The maximum absolute atomic E-state index is 13.7. The number of carbonyl (C=O) groups excluding carboxylic acids is 1. The van der Waals surface area contributed by atoms with Crippen molar-refractivity contribution in [3.05, 3.63) is 54.0 Å². The van der Waals surface area contributed by atoms with Crippen molar-refractivity contribution >= 4 is 22.8 Å². The minimum absolute atomic E-state index is 0.0324. The molecule has 2 saturated heterocycles. The number of aryl methyl sites for hydroxylation is 1. The molecule has 0 saturated carbocycles. The van der Waals surface area contributed by atoms with Crippen LogP contribution in [0.25, 0.3) is 11.0 Å². The summed E-state index contributed by atoms with van der Waals surface area (Å²) >= 11 is 0. The van der Waals surface area contributed by atoms with Crippen molar-refractivity contribution < 1.29 is 4.79 Å². The van der Waals surface area contributed by atoms with Crippen molar-refractivity contribution in [1.82, 2.24) is 19.9 Å². The second-order valence-corrected chi connectivity index (χ2v) is 8.62. The number of hydrogen-bond acceptors (Lipinski definition) is 4. The average molecular weight is 387 g/mol. The van der Waals surface area contributed by atoms with E-state index in [-0.39, 0.29) is 18.0 Å². The largest absolute Gasteiger partial charge is 0.352 e. The van der Waals surface area contributed by atoms with E-state index in [2.05, 4.69) is 49.0 Å². The molecular formula is C23H25N5O. The first-order valence-electron chi connectivity index (χ1n) is 10.7. The number of aromatic amines is 1. The summed E-state index contributed by atoms with van der Waals surface area (Å²) in [6.45, 7) is 1.71. The Morgan fingerprint density at radius 1 is 1.03 bits per heavy atom. The number of rotatable bonds is 2. The molecule has 148 valence electrons. The summed E-state index contributed by atoms with van der Waals surface area (Å²) in [6.07, 6.45) is 8.90. The van der Waals surface area contributed by atoms with E-state index in [0.29, 0.717) is 5.91 Å². The maximum atomic E-state index is 13.7. The number of nitrogens with one attached hydrogen (secondary N) is 1. The van der Waals surface area contributed by atoms with Gasteiger partial charge in [0.1, 0.15) is 17.8 Å². The highest BCUT2D eigenvalue weighted by atomic mass is 16.2. The van der Waals surface area contributed by atoms with Crippen LogP contribution in [0.15, 0.2) is 42.9 Å².